The lowest BCUT2D eigenvalue weighted by atomic mass is 9.95. The van der Waals surface area contributed by atoms with Crippen molar-refractivity contribution in [3.63, 3.8) is 0 Å². The summed E-state index contributed by atoms with van der Waals surface area (Å²) in [5.41, 5.74) is 12.6. The molecule has 13 N–H and O–H groups in total. The molecule has 0 bridgehead atoms. The van der Waals surface area contributed by atoms with Crippen molar-refractivity contribution < 1.29 is 82.0 Å². The standard InChI is InChI=1S/C45H62N10O17S/c1-7-19(2)36-42(66)49-14-34(61)50-29(18-73-43-26(12-27(46)39(63)48-15-35(62)52-36)25-9-8-10-31(38(25)54-43)71-22(5)57)40(64)51-28(13-33(47)60)44(67)55-16-24(59)11-30(55)41(65)53-37(45(68)69)20(3)32(72-23(6)58)17-70-21(4)56/h8-10,19-20,24,27-30,32,36-37,54,59H,7,11-18,46H2,1-6H3,(H2,47,60)(H,48,63)(H,49,66)(H,50,61)(H,51,64)(H,52,62)(H,53,65)(H,68,69)/t19-,20-,24+,27+,28?,29?,30-,32-,36-,37-/m0/s1. The van der Waals surface area contributed by atoms with Gasteiger partial charge in [0.1, 0.15) is 42.9 Å². The van der Waals surface area contributed by atoms with Gasteiger partial charge in [0.25, 0.3) is 0 Å². The van der Waals surface area contributed by atoms with Crippen LogP contribution in [0.4, 0.5) is 0 Å². The molecule has 1 aromatic carbocycles. The lowest BCUT2D eigenvalue weighted by Crippen LogP contribution is -2.60. The number of nitrogens with two attached hydrogens (primary N) is 2. The van der Waals surface area contributed by atoms with Gasteiger partial charge in [-0.1, -0.05) is 39.3 Å². The first-order valence-corrected chi connectivity index (χ1v) is 24.1. The molecule has 0 saturated carbocycles. The fourth-order valence-electron chi connectivity index (χ4n) is 7.97. The topological polar surface area (TPSA) is 416 Å². The van der Waals surface area contributed by atoms with Gasteiger partial charge in [0.15, 0.2) is 5.75 Å². The smallest absolute Gasteiger partial charge is 0.326 e. The van der Waals surface area contributed by atoms with Crippen LogP contribution in [0.1, 0.15) is 66.4 Å². The summed E-state index contributed by atoms with van der Waals surface area (Å²) in [4.78, 5) is 160. The molecule has 0 spiro atoms. The van der Waals surface area contributed by atoms with E-state index in [1.807, 2.05) is 0 Å². The summed E-state index contributed by atoms with van der Waals surface area (Å²) in [5, 5.41) is 36.2. The van der Waals surface area contributed by atoms with Crippen molar-refractivity contribution in [2.75, 3.05) is 32.0 Å². The first-order chi connectivity index (χ1) is 34.3. The van der Waals surface area contributed by atoms with Gasteiger partial charge in [0.2, 0.25) is 47.3 Å². The summed E-state index contributed by atoms with van der Waals surface area (Å²) in [5.74, 6) is -13.6. The number of aliphatic hydroxyl groups is 1. The summed E-state index contributed by atoms with van der Waals surface area (Å²) in [6.45, 7) is 5.57. The van der Waals surface area contributed by atoms with Crippen LogP contribution in [-0.4, -0.2) is 172 Å². The molecule has 10 atom stereocenters. The number of aliphatic hydroxyl groups excluding tert-OH is 1. The molecule has 4 rings (SSSR count). The molecule has 400 valence electrons. The van der Waals surface area contributed by atoms with Gasteiger partial charge in [0, 0.05) is 50.8 Å². The number of aromatic nitrogens is 1. The number of nitrogens with one attached hydrogen (secondary N) is 7. The van der Waals surface area contributed by atoms with Crippen LogP contribution >= 0.6 is 11.8 Å². The van der Waals surface area contributed by atoms with E-state index in [1.165, 1.54) is 19.9 Å². The molecule has 0 radical (unpaired) electrons. The maximum Gasteiger partial charge on any atom is 0.326 e. The van der Waals surface area contributed by atoms with E-state index in [4.69, 9.17) is 25.7 Å². The van der Waals surface area contributed by atoms with Crippen molar-refractivity contribution in [2.45, 2.75) is 121 Å². The monoisotopic (exact) mass is 1050 g/mol. The number of hydrogen-bond acceptors (Lipinski definition) is 18. The Balaban J connectivity index is 1.71. The van der Waals surface area contributed by atoms with Crippen LogP contribution in [-0.2, 0) is 73.4 Å². The summed E-state index contributed by atoms with van der Waals surface area (Å²) in [7, 11) is 0. The third kappa shape index (κ3) is 16.3. The number of aromatic amines is 1. The minimum atomic E-state index is -1.88. The number of para-hydroxylation sites is 1. The summed E-state index contributed by atoms with van der Waals surface area (Å²) in [6.07, 6.45) is -3.88. The van der Waals surface area contributed by atoms with Gasteiger partial charge in [-0.2, -0.15) is 0 Å². The van der Waals surface area contributed by atoms with Gasteiger partial charge in [-0.25, -0.2) is 4.79 Å². The van der Waals surface area contributed by atoms with Crippen LogP contribution < -0.4 is 48.1 Å². The first-order valence-electron chi connectivity index (χ1n) is 23.1. The Morgan fingerprint density at radius 3 is 2.16 bits per heavy atom. The predicted molar refractivity (Wildman–Crippen MR) is 254 cm³/mol. The van der Waals surface area contributed by atoms with Crippen molar-refractivity contribution in [3.05, 3.63) is 23.8 Å². The van der Waals surface area contributed by atoms with Crippen LogP contribution in [0.2, 0.25) is 0 Å². The molecular formula is C45H62N10O17S. The quantitative estimate of drug-likeness (QED) is 0.0570. The molecule has 1 saturated heterocycles. The number of carboxylic acids is 1. The van der Waals surface area contributed by atoms with Gasteiger partial charge in [0.05, 0.1) is 42.2 Å². The molecule has 2 unspecified atom stereocenters. The Labute approximate surface area is 422 Å². The van der Waals surface area contributed by atoms with Crippen LogP contribution in [0.3, 0.4) is 0 Å². The maximum atomic E-state index is 14.4. The summed E-state index contributed by atoms with van der Waals surface area (Å²) >= 11 is 0.909. The zero-order chi connectivity index (χ0) is 54.4. The van der Waals surface area contributed by atoms with Crippen LogP contribution in [0.5, 0.6) is 5.75 Å². The number of aliphatic carboxylic acids is 1. The molecule has 0 aliphatic carbocycles. The highest BCUT2D eigenvalue weighted by Crippen LogP contribution is 2.36. The Hall–Kier alpha value is -7.33. The number of likely N-dealkylation sites (tertiary alicyclic amines) is 1. The molecule has 73 heavy (non-hydrogen) atoms. The Morgan fingerprint density at radius 1 is 0.904 bits per heavy atom. The number of fused-ring (bicyclic) bond motifs is 3. The molecule has 28 heteroatoms. The first kappa shape index (κ1) is 58.2. The molecule has 8 amide bonds. The number of primary amides is 1. The van der Waals surface area contributed by atoms with Gasteiger partial charge in [-0.15, -0.1) is 11.8 Å². The van der Waals surface area contributed by atoms with Gasteiger partial charge in [-0.3, -0.25) is 52.7 Å². The van der Waals surface area contributed by atoms with Crippen LogP contribution in [0, 0.1) is 11.8 Å². The van der Waals surface area contributed by atoms with Crippen LogP contribution in [0.15, 0.2) is 23.2 Å². The number of thioether (sulfide) groups is 1. The highest BCUT2D eigenvalue weighted by Gasteiger charge is 2.45. The summed E-state index contributed by atoms with van der Waals surface area (Å²) in [6, 6.07) is -4.73. The fraction of sp³-hybridized carbons (Fsp3) is 0.556. The van der Waals surface area contributed by atoms with Crippen molar-refractivity contribution >= 4 is 93.8 Å². The SMILES string of the molecule is CC[C@H](C)[C@@H]1NC(=O)CNC(=O)[C@H](N)Cc2c([nH]c3c(OC(C)=O)cccc23)SCC(C(=O)NC(CC(N)=O)C(=O)N2C[C@H](O)C[C@H]2C(=O)N[C@H](C(=O)O)[C@@H](C)[C@H](COC(C)=O)OC(C)=O)NC(=O)CNC1=O. The molecular weight excluding hydrogens is 985 g/mol. The Kier molecular flexibility index (Phi) is 21.1. The number of carbonyl (C=O) groups excluding carboxylic acids is 11. The van der Waals surface area contributed by atoms with Gasteiger partial charge in [-0.05, 0) is 24.0 Å². The number of rotatable bonds is 16. The lowest BCUT2D eigenvalue weighted by molar-refractivity contribution is -0.162. The third-order valence-electron chi connectivity index (χ3n) is 11.9. The average Bonchev–Trinajstić information content (AvgIpc) is 3.89. The normalized spacial score (nSPS) is 22.1. The van der Waals surface area contributed by atoms with Crippen molar-refractivity contribution in [1.82, 2.24) is 41.8 Å². The molecule has 1 aromatic heterocycles. The predicted octanol–water partition coefficient (Wildman–Crippen LogP) is -3.66. The second-order valence-electron chi connectivity index (χ2n) is 17.6. The number of β-amino-alcohol motifs (C(OH)–C–C–N with tert-alkyl or cyclic N) is 1. The number of carboxylic acid groups (broad SMARTS) is 1. The largest absolute Gasteiger partial charge is 0.480 e. The number of nitrogens with zero attached hydrogens (tertiary/aromatic N) is 1. The van der Waals surface area contributed by atoms with Crippen molar-refractivity contribution in [1.29, 1.82) is 0 Å². The molecule has 2 aliphatic heterocycles. The van der Waals surface area contributed by atoms with E-state index in [-0.39, 0.29) is 28.5 Å². The van der Waals surface area contributed by atoms with E-state index >= 15 is 0 Å². The minimum Gasteiger partial charge on any atom is -0.480 e. The van der Waals surface area contributed by atoms with Gasteiger partial charge >= 0.3 is 23.9 Å². The van der Waals surface area contributed by atoms with Crippen molar-refractivity contribution in [3.8, 4) is 5.75 Å². The van der Waals surface area contributed by atoms with E-state index in [9.17, 15) is 67.7 Å². The maximum absolute atomic E-state index is 14.4. The Bertz CT molecular complexity index is 2470. The van der Waals surface area contributed by atoms with Gasteiger partial charge < -0.3 is 77.7 Å². The molecule has 3 heterocycles. The number of esters is 3. The van der Waals surface area contributed by atoms with E-state index in [0.717, 1.165) is 30.5 Å². The van der Waals surface area contributed by atoms with E-state index in [1.54, 1.807) is 26.0 Å². The minimum absolute atomic E-state index is 0.0886. The van der Waals surface area contributed by atoms with E-state index in [0.29, 0.717) is 17.4 Å². The number of ether oxygens (including phenoxy) is 3. The second kappa shape index (κ2) is 26.4. The lowest BCUT2D eigenvalue weighted by Gasteiger charge is -2.32. The number of benzene rings is 1. The fourth-order valence-corrected chi connectivity index (χ4v) is 9.08. The van der Waals surface area contributed by atoms with Crippen molar-refractivity contribution in [2.24, 2.45) is 23.3 Å². The van der Waals surface area contributed by atoms with Crippen LogP contribution in [0.25, 0.3) is 10.9 Å². The number of carbonyl (C=O) groups is 12. The molecule has 2 aliphatic rings. The number of hydrogen-bond donors (Lipinski definition) is 11. The zero-order valence-electron chi connectivity index (χ0n) is 40.9. The summed E-state index contributed by atoms with van der Waals surface area (Å²) < 4.78 is 15.5. The average molecular weight is 1050 g/mol. The second-order valence-corrected chi connectivity index (χ2v) is 18.6. The third-order valence-corrected chi connectivity index (χ3v) is 13.0. The number of H-pyrrole nitrogens is 1. The highest BCUT2D eigenvalue weighted by molar-refractivity contribution is 7.99. The highest BCUT2D eigenvalue weighted by atomic mass is 32.2. The number of amides is 8. The molecule has 2 aromatic rings. The molecule has 1 fully saturated rings. The Morgan fingerprint density at radius 2 is 1.56 bits per heavy atom. The van der Waals surface area contributed by atoms with E-state index in [2.05, 4.69) is 36.9 Å². The van der Waals surface area contributed by atoms with E-state index < -0.39 is 171 Å². The zero-order valence-corrected chi connectivity index (χ0v) is 41.7. The molecule has 27 nitrogen and oxygen atoms in total.